The molecule has 0 atom stereocenters. The van der Waals surface area contributed by atoms with Crippen molar-refractivity contribution in [3.05, 3.63) is 34.1 Å². The van der Waals surface area contributed by atoms with Gasteiger partial charge in [-0.3, -0.25) is 0 Å². The second-order valence-corrected chi connectivity index (χ2v) is 5.62. The molecule has 1 aromatic carbocycles. The van der Waals surface area contributed by atoms with Gasteiger partial charge >= 0.3 is 0 Å². The number of anilines is 1. The van der Waals surface area contributed by atoms with Gasteiger partial charge in [-0.15, -0.1) is 11.3 Å². The van der Waals surface area contributed by atoms with Gasteiger partial charge in [-0.1, -0.05) is 28.1 Å². The lowest BCUT2D eigenvalue weighted by molar-refractivity contribution is 0.897. The van der Waals surface area contributed by atoms with Crippen molar-refractivity contribution < 1.29 is 0 Å². The first-order valence-electron chi connectivity index (χ1n) is 5.13. The summed E-state index contributed by atoms with van der Waals surface area (Å²) in [5.74, 6) is 0. The maximum Gasteiger partial charge on any atom is 0.183 e. The molecule has 16 heavy (non-hydrogen) atoms. The van der Waals surface area contributed by atoms with Gasteiger partial charge in [-0.2, -0.15) is 0 Å². The predicted molar refractivity (Wildman–Crippen MR) is 74.0 cm³/mol. The number of nitrogens with one attached hydrogen (secondary N) is 1. The molecule has 0 aliphatic carbocycles. The summed E-state index contributed by atoms with van der Waals surface area (Å²) in [6.07, 6.45) is 0. The Labute approximate surface area is 108 Å². The van der Waals surface area contributed by atoms with Crippen LogP contribution in [-0.4, -0.2) is 11.0 Å². The van der Waals surface area contributed by atoms with E-state index >= 15 is 0 Å². The van der Waals surface area contributed by atoms with Crippen LogP contribution in [0.4, 0.5) is 5.13 Å². The van der Waals surface area contributed by atoms with Crippen molar-refractivity contribution in [2.24, 2.45) is 0 Å². The minimum Gasteiger partial charge on any atom is -0.359 e. The van der Waals surface area contributed by atoms with Gasteiger partial charge in [0.15, 0.2) is 5.13 Å². The molecule has 1 heterocycles. The quantitative estimate of drug-likeness (QED) is 0.908. The van der Waals surface area contributed by atoms with E-state index in [1.165, 1.54) is 0 Å². The van der Waals surface area contributed by atoms with Crippen molar-refractivity contribution >= 4 is 32.4 Å². The van der Waals surface area contributed by atoms with E-state index in [0.29, 0.717) is 6.04 Å². The summed E-state index contributed by atoms with van der Waals surface area (Å²) < 4.78 is 1.08. The molecule has 0 saturated heterocycles. The molecule has 0 amide bonds. The minimum atomic E-state index is 0.418. The van der Waals surface area contributed by atoms with Crippen molar-refractivity contribution in [1.82, 2.24) is 4.98 Å². The molecular weight excluding hydrogens is 284 g/mol. The molecular formula is C12H13BrN2S. The monoisotopic (exact) mass is 296 g/mol. The summed E-state index contributed by atoms with van der Waals surface area (Å²) in [6.45, 7) is 4.22. The van der Waals surface area contributed by atoms with Crippen LogP contribution in [-0.2, 0) is 0 Å². The maximum atomic E-state index is 4.55. The zero-order valence-corrected chi connectivity index (χ0v) is 11.6. The third-order valence-electron chi connectivity index (χ3n) is 2.04. The molecule has 1 aromatic heterocycles. The molecule has 0 bridgehead atoms. The first-order valence-corrected chi connectivity index (χ1v) is 6.80. The Morgan fingerprint density at radius 3 is 2.88 bits per heavy atom. The van der Waals surface area contributed by atoms with E-state index < -0.39 is 0 Å². The smallest absolute Gasteiger partial charge is 0.183 e. The molecule has 0 aliphatic heterocycles. The van der Waals surface area contributed by atoms with Crippen molar-refractivity contribution in [1.29, 1.82) is 0 Å². The van der Waals surface area contributed by atoms with Gasteiger partial charge in [-0.25, -0.2) is 4.98 Å². The van der Waals surface area contributed by atoms with Crippen molar-refractivity contribution in [3.63, 3.8) is 0 Å². The Morgan fingerprint density at radius 1 is 1.38 bits per heavy atom. The molecule has 2 rings (SSSR count). The van der Waals surface area contributed by atoms with Crippen molar-refractivity contribution in [3.8, 4) is 11.3 Å². The average molecular weight is 297 g/mol. The van der Waals surface area contributed by atoms with Crippen LogP contribution in [0.1, 0.15) is 13.8 Å². The summed E-state index contributed by atoms with van der Waals surface area (Å²) in [4.78, 5) is 4.55. The molecule has 0 aliphatic rings. The highest BCUT2D eigenvalue weighted by molar-refractivity contribution is 9.10. The number of thiazole rings is 1. The summed E-state index contributed by atoms with van der Waals surface area (Å²) in [7, 11) is 0. The largest absolute Gasteiger partial charge is 0.359 e. The Balaban J connectivity index is 2.24. The molecule has 4 heteroatoms. The van der Waals surface area contributed by atoms with E-state index in [2.05, 4.69) is 57.6 Å². The third-order valence-corrected chi connectivity index (χ3v) is 3.30. The van der Waals surface area contributed by atoms with Crippen LogP contribution in [0.2, 0.25) is 0 Å². The standard InChI is InChI=1S/C12H13BrN2S/c1-8(2)14-12-15-11(7-16-12)9-4-3-5-10(13)6-9/h3-8H,1-2H3,(H,14,15). The van der Waals surface area contributed by atoms with E-state index in [9.17, 15) is 0 Å². The lowest BCUT2D eigenvalue weighted by Crippen LogP contribution is -2.08. The number of rotatable bonds is 3. The van der Waals surface area contributed by atoms with Crippen LogP contribution < -0.4 is 5.32 Å². The number of nitrogens with zero attached hydrogens (tertiary/aromatic N) is 1. The van der Waals surface area contributed by atoms with E-state index in [-0.39, 0.29) is 0 Å². The van der Waals surface area contributed by atoms with Crippen LogP contribution >= 0.6 is 27.3 Å². The highest BCUT2D eigenvalue weighted by Gasteiger charge is 2.05. The Morgan fingerprint density at radius 2 is 2.19 bits per heavy atom. The topological polar surface area (TPSA) is 24.9 Å². The van der Waals surface area contributed by atoms with Crippen molar-refractivity contribution in [2.45, 2.75) is 19.9 Å². The van der Waals surface area contributed by atoms with Gasteiger partial charge in [0, 0.05) is 21.5 Å². The van der Waals surface area contributed by atoms with Crippen LogP contribution in [0.5, 0.6) is 0 Å². The first kappa shape index (κ1) is 11.6. The van der Waals surface area contributed by atoms with Crippen LogP contribution in [0.3, 0.4) is 0 Å². The van der Waals surface area contributed by atoms with Gasteiger partial charge in [0.25, 0.3) is 0 Å². The van der Waals surface area contributed by atoms with Crippen LogP contribution in [0, 0.1) is 0 Å². The van der Waals surface area contributed by atoms with Crippen LogP contribution in [0.25, 0.3) is 11.3 Å². The van der Waals surface area contributed by atoms with Gasteiger partial charge in [0.1, 0.15) is 0 Å². The van der Waals surface area contributed by atoms with E-state index in [1.807, 2.05) is 12.1 Å². The minimum absolute atomic E-state index is 0.418. The summed E-state index contributed by atoms with van der Waals surface area (Å²) >= 11 is 5.11. The average Bonchev–Trinajstić information content (AvgIpc) is 2.65. The first-order chi connectivity index (χ1) is 7.65. The molecule has 84 valence electrons. The maximum absolute atomic E-state index is 4.55. The molecule has 0 spiro atoms. The van der Waals surface area contributed by atoms with Gasteiger partial charge < -0.3 is 5.32 Å². The van der Waals surface area contributed by atoms with E-state index in [1.54, 1.807) is 11.3 Å². The molecule has 0 unspecified atom stereocenters. The van der Waals surface area contributed by atoms with E-state index in [0.717, 1.165) is 20.9 Å². The second kappa shape index (κ2) is 4.97. The van der Waals surface area contributed by atoms with Gasteiger partial charge in [0.2, 0.25) is 0 Å². The third kappa shape index (κ3) is 2.83. The molecule has 2 aromatic rings. The Bertz CT molecular complexity index is 479. The number of benzene rings is 1. The number of hydrogen-bond donors (Lipinski definition) is 1. The number of halogens is 1. The zero-order valence-electron chi connectivity index (χ0n) is 9.20. The zero-order chi connectivity index (χ0) is 11.5. The summed E-state index contributed by atoms with van der Waals surface area (Å²) in [6, 6.07) is 8.60. The second-order valence-electron chi connectivity index (χ2n) is 3.85. The van der Waals surface area contributed by atoms with Crippen LogP contribution in [0.15, 0.2) is 34.1 Å². The normalized spacial score (nSPS) is 10.8. The summed E-state index contributed by atoms with van der Waals surface area (Å²) in [5, 5.41) is 6.36. The van der Waals surface area contributed by atoms with Gasteiger partial charge in [-0.05, 0) is 26.0 Å². The number of hydrogen-bond acceptors (Lipinski definition) is 3. The lowest BCUT2D eigenvalue weighted by atomic mass is 10.2. The molecule has 2 nitrogen and oxygen atoms in total. The predicted octanol–water partition coefficient (Wildman–Crippen LogP) is 4.39. The summed E-state index contributed by atoms with van der Waals surface area (Å²) in [5.41, 5.74) is 2.16. The lowest BCUT2D eigenvalue weighted by Gasteiger charge is -2.04. The molecule has 1 N–H and O–H groups in total. The molecule has 0 radical (unpaired) electrons. The molecule has 0 fully saturated rings. The highest BCUT2D eigenvalue weighted by atomic mass is 79.9. The fourth-order valence-corrected chi connectivity index (χ4v) is 2.63. The van der Waals surface area contributed by atoms with Crippen molar-refractivity contribution in [2.75, 3.05) is 5.32 Å². The fraction of sp³-hybridized carbons (Fsp3) is 0.250. The van der Waals surface area contributed by atoms with Gasteiger partial charge in [0.05, 0.1) is 5.69 Å². The Kier molecular flexibility index (Phi) is 3.61. The van der Waals surface area contributed by atoms with E-state index in [4.69, 9.17) is 0 Å². The SMILES string of the molecule is CC(C)Nc1nc(-c2cccc(Br)c2)cs1. The molecule has 0 saturated carbocycles. The number of aromatic nitrogens is 1. The highest BCUT2D eigenvalue weighted by Crippen LogP contribution is 2.26. The Hall–Kier alpha value is -0.870. The fourth-order valence-electron chi connectivity index (χ4n) is 1.37.